The Hall–Kier alpha value is -2.27. The molecule has 0 aliphatic rings. The Labute approximate surface area is 136 Å². The van der Waals surface area contributed by atoms with Crippen LogP contribution in [-0.2, 0) is 12.8 Å². The van der Waals surface area contributed by atoms with E-state index in [-0.39, 0.29) is 0 Å². The maximum absolute atomic E-state index is 5.54. The van der Waals surface area contributed by atoms with Crippen molar-refractivity contribution < 1.29 is 0 Å². The summed E-state index contributed by atoms with van der Waals surface area (Å²) in [4.78, 5) is 0. The predicted octanol–water partition coefficient (Wildman–Crippen LogP) is 3.03. The summed E-state index contributed by atoms with van der Waals surface area (Å²) in [5.41, 5.74) is 9.73. The summed E-state index contributed by atoms with van der Waals surface area (Å²) >= 11 is 0. The maximum Gasteiger partial charge on any atom is 0.177 e. The number of benzene rings is 1. The molecule has 0 bridgehead atoms. The summed E-state index contributed by atoms with van der Waals surface area (Å²) in [6.07, 6.45) is 5.16. The van der Waals surface area contributed by atoms with Crippen LogP contribution in [0.4, 0.5) is 0 Å². The van der Waals surface area contributed by atoms with Crippen LogP contribution < -0.4 is 5.73 Å². The largest absolute Gasteiger partial charge is 0.330 e. The van der Waals surface area contributed by atoms with Crippen LogP contribution in [0.3, 0.4) is 0 Å². The first-order valence-corrected chi connectivity index (χ1v) is 8.32. The fraction of sp³-hybridized carbons (Fsp3) is 0.389. The van der Waals surface area contributed by atoms with Gasteiger partial charge in [-0.2, -0.15) is 9.61 Å². The van der Waals surface area contributed by atoms with Crippen molar-refractivity contribution in [3.05, 3.63) is 47.8 Å². The summed E-state index contributed by atoms with van der Waals surface area (Å²) in [5, 5.41) is 13.2. The maximum atomic E-state index is 5.54. The molecule has 0 aliphatic carbocycles. The number of aryl methyl sites for hydroxylation is 2. The second-order valence-electron chi connectivity index (χ2n) is 5.75. The molecule has 0 aliphatic heterocycles. The van der Waals surface area contributed by atoms with Gasteiger partial charge in [0.2, 0.25) is 0 Å². The van der Waals surface area contributed by atoms with Crippen LogP contribution >= 0.6 is 0 Å². The lowest BCUT2D eigenvalue weighted by molar-refractivity contribution is 0.656. The molecule has 2 heterocycles. The van der Waals surface area contributed by atoms with Crippen LogP contribution in [0.5, 0.6) is 0 Å². The fourth-order valence-corrected chi connectivity index (χ4v) is 2.66. The van der Waals surface area contributed by atoms with Crippen molar-refractivity contribution in [2.75, 3.05) is 6.54 Å². The first kappa shape index (κ1) is 15.6. The van der Waals surface area contributed by atoms with E-state index in [1.165, 1.54) is 5.56 Å². The minimum Gasteiger partial charge on any atom is -0.330 e. The van der Waals surface area contributed by atoms with Crippen LogP contribution in [0.25, 0.3) is 16.9 Å². The second kappa shape index (κ2) is 7.33. The summed E-state index contributed by atoms with van der Waals surface area (Å²) in [6.45, 7) is 2.91. The van der Waals surface area contributed by atoms with Crippen LogP contribution in [0.15, 0.2) is 36.4 Å². The van der Waals surface area contributed by atoms with Crippen LogP contribution in [0, 0.1) is 0 Å². The van der Waals surface area contributed by atoms with Crippen molar-refractivity contribution in [3.63, 3.8) is 0 Å². The van der Waals surface area contributed by atoms with Gasteiger partial charge in [-0.25, -0.2) is 0 Å². The monoisotopic (exact) mass is 309 g/mol. The molecule has 5 heteroatoms. The number of fused-ring (bicyclic) bond motifs is 1. The molecule has 5 nitrogen and oxygen atoms in total. The van der Waals surface area contributed by atoms with Crippen molar-refractivity contribution in [2.24, 2.45) is 5.73 Å². The van der Waals surface area contributed by atoms with Crippen LogP contribution in [0.2, 0.25) is 0 Å². The van der Waals surface area contributed by atoms with Gasteiger partial charge >= 0.3 is 0 Å². The highest BCUT2D eigenvalue weighted by atomic mass is 15.4. The van der Waals surface area contributed by atoms with Gasteiger partial charge in [-0.1, -0.05) is 37.6 Å². The summed E-state index contributed by atoms with van der Waals surface area (Å²) in [6, 6.07) is 12.5. The van der Waals surface area contributed by atoms with E-state index in [4.69, 9.17) is 10.8 Å². The fourth-order valence-electron chi connectivity index (χ4n) is 2.66. The average molecular weight is 309 g/mol. The Bertz CT molecular complexity index is 761. The van der Waals surface area contributed by atoms with Gasteiger partial charge in [-0.3, -0.25) is 0 Å². The van der Waals surface area contributed by atoms with Crippen molar-refractivity contribution >= 4 is 5.65 Å². The molecule has 0 spiro atoms. The van der Waals surface area contributed by atoms with Gasteiger partial charge in [0.1, 0.15) is 0 Å². The SMILES string of the molecule is CCc1ccc(-c2ccc3nnc(CCCCCN)n3n2)cc1. The van der Waals surface area contributed by atoms with Gasteiger partial charge in [0.15, 0.2) is 11.5 Å². The van der Waals surface area contributed by atoms with Crippen molar-refractivity contribution in [2.45, 2.75) is 39.0 Å². The van der Waals surface area contributed by atoms with E-state index in [0.717, 1.165) is 61.4 Å². The number of nitrogens with two attached hydrogens (primary N) is 1. The van der Waals surface area contributed by atoms with Gasteiger partial charge in [-0.15, -0.1) is 10.2 Å². The zero-order chi connectivity index (χ0) is 16.1. The number of aromatic nitrogens is 4. The van der Waals surface area contributed by atoms with Crippen molar-refractivity contribution in [1.29, 1.82) is 0 Å². The van der Waals surface area contributed by atoms with Crippen molar-refractivity contribution in [1.82, 2.24) is 19.8 Å². The molecule has 0 unspecified atom stereocenters. The molecule has 0 amide bonds. The number of hydrogen-bond acceptors (Lipinski definition) is 4. The van der Waals surface area contributed by atoms with Gasteiger partial charge in [0.05, 0.1) is 5.69 Å². The Morgan fingerprint density at radius 3 is 2.52 bits per heavy atom. The van der Waals surface area contributed by atoms with Gasteiger partial charge in [0.25, 0.3) is 0 Å². The minimum absolute atomic E-state index is 0.747. The molecule has 3 rings (SSSR count). The Kier molecular flexibility index (Phi) is 4.98. The molecule has 1 aromatic carbocycles. The molecule has 23 heavy (non-hydrogen) atoms. The third-order valence-electron chi connectivity index (χ3n) is 4.09. The molecule has 0 saturated carbocycles. The van der Waals surface area contributed by atoms with Crippen LogP contribution in [-0.4, -0.2) is 26.4 Å². The molecular formula is C18H23N5. The average Bonchev–Trinajstić information content (AvgIpc) is 3.01. The molecule has 2 aromatic heterocycles. The van der Waals surface area contributed by atoms with Gasteiger partial charge < -0.3 is 5.73 Å². The molecule has 2 N–H and O–H groups in total. The molecule has 0 radical (unpaired) electrons. The van der Waals surface area contributed by atoms with E-state index in [0.29, 0.717) is 0 Å². The van der Waals surface area contributed by atoms with E-state index in [1.807, 2.05) is 16.6 Å². The lowest BCUT2D eigenvalue weighted by Gasteiger charge is -2.04. The predicted molar refractivity (Wildman–Crippen MR) is 92.2 cm³/mol. The summed E-state index contributed by atoms with van der Waals surface area (Å²) in [5.74, 6) is 0.920. The zero-order valence-corrected chi connectivity index (χ0v) is 13.6. The van der Waals surface area contributed by atoms with Gasteiger partial charge in [0, 0.05) is 12.0 Å². The quantitative estimate of drug-likeness (QED) is 0.681. The standard InChI is InChI=1S/C18H23N5/c1-2-14-7-9-15(10-8-14)16-11-12-18-21-20-17(23(18)22-16)6-4-3-5-13-19/h7-12H,2-6,13,19H2,1H3. The highest BCUT2D eigenvalue weighted by Gasteiger charge is 2.08. The third-order valence-corrected chi connectivity index (χ3v) is 4.09. The highest BCUT2D eigenvalue weighted by molar-refractivity contribution is 5.60. The number of unbranched alkanes of at least 4 members (excludes halogenated alkanes) is 2. The van der Waals surface area contributed by atoms with E-state index in [1.54, 1.807) is 0 Å². The number of rotatable bonds is 7. The first-order valence-electron chi connectivity index (χ1n) is 8.32. The topological polar surface area (TPSA) is 69.1 Å². The Balaban J connectivity index is 1.84. The molecular weight excluding hydrogens is 286 g/mol. The number of hydrogen-bond donors (Lipinski definition) is 1. The van der Waals surface area contributed by atoms with Crippen molar-refractivity contribution in [3.8, 4) is 11.3 Å². The zero-order valence-electron chi connectivity index (χ0n) is 13.6. The smallest absolute Gasteiger partial charge is 0.177 e. The van der Waals surface area contributed by atoms with Crippen LogP contribution in [0.1, 0.15) is 37.6 Å². The van der Waals surface area contributed by atoms with E-state index >= 15 is 0 Å². The molecule has 3 aromatic rings. The van der Waals surface area contributed by atoms with E-state index in [9.17, 15) is 0 Å². The normalized spacial score (nSPS) is 11.2. The van der Waals surface area contributed by atoms with E-state index < -0.39 is 0 Å². The lowest BCUT2D eigenvalue weighted by Crippen LogP contribution is -2.02. The highest BCUT2D eigenvalue weighted by Crippen LogP contribution is 2.18. The Morgan fingerprint density at radius 2 is 1.78 bits per heavy atom. The summed E-state index contributed by atoms with van der Waals surface area (Å²) < 4.78 is 1.87. The lowest BCUT2D eigenvalue weighted by atomic mass is 10.1. The molecule has 0 atom stereocenters. The second-order valence-corrected chi connectivity index (χ2v) is 5.75. The first-order chi connectivity index (χ1) is 11.3. The minimum atomic E-state index is 0.747. The Morgan fingerprint density at radius 1 is 0.957 bits per heavy atom. The number of nitrogens with zero attached hydrogens (tertiary/aromatic N) is 4. The van der Waals surface area contributed by atoms with Gasteiger partial charge in [-0.05, 0) is 43.5 Å². The van der Waals surface area contributed by atoms with E-state index in [2.05, 4.69) is 41.4 Å². The molecule has 0 fully saturated rings. The summed E-state index contributed by atoms with van der Waals surface area (Å²) in [7, 11) is 0. The molecule has 120 valence electrons. The third kappa shape index (κ3) is 3.56. The molecule has 0 saturated heterocycles.